The quantitative estimate of drug-likeness (QED) is 0.668. The Morgan fingerprint density at radius 2 is 1.88 bits per heavy atom. The number of carbonyl (C=O) groups excluding carboxylic acids is 1. The molecule has 0 amide bonds. The third-order valence-corrected chi connectivity index (χ3v) is 4.00. The Bertz CT molecular complexity index is 937. The van der Waals surface area contributed by atoms with Crippen LogP contribution in [0.25, 0.3) is 10.9 Å². The summed E-state index contributed by atoms with van der Waals surface area (Å²) >= 11 is 6.01. The minimum absolute atomic E-state index is 0.0877. The Hall–Kier alpha value is -2.66. The number of fused-ring (bicyclic) bond motifs is 1. The number of rotatable bonds is 5. The third-order valence-electron chi connectivity index (χ3n) is 3.63. The molecular formula is C18H15ClN2O3. The number of hydrogen-bond acceptors (Lipinski definition) is 4. The highest BCUT2D eigenvalue weighted by Gasteiger charge is 2.08. The van der Waals surface area contributed by atoms with Gasteiger partial charge in [-0.05, 0) is 18.2 Å². The van der Waals surface area contributed by atoms with Gasteiger partial charge in [0, 0.05) is 17.1 Å². The first kappa shape index (κ1) is 16.2. The zero-order chi connectivity index (χ0) is 16.9. The first-order valence-corrected chi connectivity index (χ1v) is 7.86. The first-order chi connectivity index (χ1) is 11.6. The average Bonchev–Trinajstić information content (AvgIpc) is 2.61. The molecular weight excluding hydrogens is 328 g/mol. The number of esters is 1. The average molecular weight is 343 g/mol. The van der Waals surface area contributed by atoms with Crippen LogP contribution in [0.2, 0.25) is 5.02 Å². The minimum atomic E-state index is -0.394. The summed E-state index contributed by atoms with van der Waals surface area (Å²) in [6.07, 6.45) is 1.54. The second kappa shape index (κ2) is 7.27. The molecule has 3 rings (SSSR count). The van der Waals surface area contributed by atoms with Crippen LogP contribution in [0.15, 0.2) is 59.7 Å². The normalized spacial score (nSPS) is 10.7. The highest BCUT2D eigenvalue weighted by Crippen LogP contribution is 2.16. The van der Waals surface area contributed by atoms with Crippen molar-refractivity contribution >= 4 is 28.5 Å². The molecule has 0 saturated heterocycles. The zero-order valence-electron chi connectivity index (χ0n) is 12.8. The molecule has 2 aromatic carbocycles. The number of carbonyl (C=O) groups is 1. The molecule has 0 saturated carbocycles. The molecule has 0 atom stereocenters. The van der Waals surface area contributed by atoms with Crippen LogP contribution in [0.3, 0.4) is 0 Å². The number of hydrogen-bond donors (Lipinski definition) is 0. The number of aromatic nitrogens is 2. The van der Waals surface area contributed by atoms with Crippen LogP contribution in [0.1, 0.15) is 12.0 Å². The fourth-order valence-electron chi connectivity index (χ4n) is 2.32. The van der Waals surface area contributed by atoms with Gasteiger partial charge in [-0.25, -0.2) is 4.98 Å². The molecule has 5 nitrogen and oxygen atoms in total. The third kappa shape index (κ3) is 3.63. The van der Waals surface area contributed by atoms with E-state index in [-0.39, 0.29) is 25.1 Å². The summed E-state index contributed by atoms with van der Waals surface area (Å²) in [5, 5.41) is 1.09. The molecule has 0 aliphatic carbocycles. The van der Waals surface area contributed by atoms with Gasteiger partial charge in [0.05, 0.1) is 23.7 Å². The molecule has 0 aliphatic heterocycles. The van der Waals surface area contributed by atoms with Crippen molar-refractivity contribution in [2.24, 2.45) is 0 Å². The molecule has 6 heteroatoms. The smallest absolute Gasteiger partial charge is 0.307 e. The van der Waals surface area contributed by atoms with E-state index in [0.29, 0.717) is 15.9 Å². The van der Waals surface area contributed by atoms with Gasteiger partial charge in [0.15, 0.2) is 0 Å². The van der Waals surface area contributed by atoms with E-state index >= 15 is 0 Å². The number of nitrogens with zero attached hydrogens (tertiary/aromatic N) is 2. The Labute approximate surface area is 143 Å². The Balaban J connectivity index is 1.61. The largest absolute Gasteiger partial charge is 0.461 e. The maximum atomic E-state index is 12.3. The highest BCUT2D eigenvalue weighted by molar-refractivity contribution is 6.31. The molecule has 122 valence electrons. The molecule has 0 aliphatic rings. The van der Waals surface area contributed by atoms with Gasteiger partial charge < -0.3 is 4.74 Å². The van der Waals surface area contributed by atoms with Gasteiger partial charge >= 0.3 is 5.97 Å². The fourth-order valence-corrected chi connectivity index (χ4v) is 2.51. The van der Waals surface area contributed by atoms with E-state index < -0.39 is 5.97 Å². The van der Waals surface area contributed by atoms with Crippen LogP contribution in [-0.4, -0.2) is 15.5 Å². The minimum Gasteiger partial charge on any atom is -0.461 e. The van der Waals surface area contributed by atoms with Crippen molar-refractivity contribution in [2.45, 2.75) is 19.6 Å². The number of halogens is 1. The second-order valence-electron chi connectivity index (χ2n) is 5.26. The van der Waals surface area contributed by atoms with Gasteiger partial charge in [-0.3, -0.25) is 14.2 Å². The van der Waals surface area contributed by atoms with E-state index in [1.165, 1.54) is 10.9 Å². The summed E-state index contributed by atoms with van der Waals surface area (Å²) in [4.78, 5) is 28.4. The lowest BCUT2D eigenvalue weighted by atomic mass is 10.2. The zero-order valence-corrected chi connectivity index (χ0v) is 13.6. The molecule has 0 spiro atoms. The predicted molar refractivity (Wildman–Crippen MR) is 91.9 cm³/mol. The lowest BCUT2D eigenvalue weighted by molar-refractivity contribution is -0.145. The molecule has 1 aromatic heterocycles. The van der Waals surface area contributed by atoms with Crippen molar-refractivity contribution < 1.29 is 9.53 Å². The summed E-state index contributed by atoms with van der Waals surface area (Å²) in [6, 6.07) is 14.3. The maximum Gasteiger partial charge on any atom is 0.307 e. The first-order valence-electron chi connectivity index (χ1n) is 7.48. The second-order valence-corrected chi connectivity index (χ2v) is 5.67. The van der Waals surface area contributed by atoms with E-state index in [0.717, 1.165) is 5.56 Å². The number of para-hydroxylation sites is 1. The van der Waals surface area contributed by atoms with E-state index in [1.807, 2.05) is 18.2 Å². The molecule has 0 radical (unpaired) electrons. The van der Waals surface area contributed by atoms with Crippen LogP contribution < -0.4 is 5.56 Å². The van der Waals surface area contributed by atoms with Gasteiger partial charge in [-0.1, -0.05) is 41.9 Å². The van der Waals surface area contributed by atoms with Crippen LogP contribution >= 0.6 is 11.6 Å². The summed E-state index contributed by atoms with van der Waals surface area (Å²) in [5.74, 6) is -0.394. The number of ether oxygens (including phenoxy) is 1. The van der Waals surface area contributed by atoms with Crippen LogP contribution in [0.5, 0.6) is 0 Å². The Morgan fingerprint density at radius 3 is 2.71 bits per heavy atom. The molecule has 24 heavy (non-hydrogen) atoms. The lowest BCUT2D eigenvalue weighted by Crippen LogP contribution is -2.22. The highest BCUT2D eigenvalue weighted by atomic mass is 35.5. The Morgan fingerprint density at radius 1 is 1.12 bits per heavy atom. The van der Waals surface area contributed by atoms with Gasteiger partial charge in [0.25, 0.3) is 5.56 Å². The number of benzene rings is 2. The summed E-state index contributed by atoms with van der Waals surface area (Å²) in [6.45, 7) is 0.335. The van der Waals surface area contributed by atoms with Crippen LogP contribution in [-0.2, 0) is 22.7 Å². The van der Waals surface area contributed by atoms with Crippen LogP contribution in [0, 0.1) is 0 Å². The summed E-state index contributed by atoms with van der Waals surface area (Å²) in [5.41, 5.74) is 1.22. The fraction of sp³-hybridized carbons (Fsp3) is 0.167. The lowest BCUT2D eigenvalue weighted by Gasteiger charge is -2.08. The molecule has 0 N–H and O–H groups in total. The van der Waals surface area contributed by atoms with Gasteiger partial charge in [0.2, 0.25) is 0 Å². The SMILES string of the molecule is O=C(CCn1cnc2ccccc2c1=O)OCc1ccccc1Cl. The Kier molecular flexibility index (Phi) is 4.91. The van der Waals surface area contributed by atoms with Gasteiger partial charge in [0.1, 0.15) is 6.61 Å². The van der Waals surface area contributed by atoms with E-state index in [9.17, 15) is 9.59 Å². The topological polar surface area (TPSA) is 61.2 Å². The van der Waals surface area contributed by atoms with Crippen molar-refractivity contribution in [1.29, 1.82) is 0 Å². The molecule has 0 bridgehead atoms. The maximum absolute atomic E-state index is 12.3. The van der Waals surface area contributed by atoms with E-state index in [2.05, 4.69) is 4.98 Å². The molecule has 0 unspecified atom stereocenters. The predicted octanol–water partition coefficient (Wildman–Crippen LogP) is 3.18. The molecule has 3 aromatic rings. The van der Waals surface area contributed by atoms with Crippen molar-refractivity contribution in [2.75, 3.05) is 0 Å². The molecule has 1 heterocycles. The van der Waals surface area contributed by atoms with Crippen molar-refractivity contribution in [1.82, 2.24) is 9.55 Å². The van der Waals surface area contributed by atoms with E-state index in [1.54, 1.807) is 30.3 Å². The standard InChI is InChI=1S/C18H15ClN2O3/c19-15-7-3-1-5-13(15)11-24-17(22)9-10-21-12-20-16-8-4-2-6-14(16)18(21)23/h1-8,12H,9-11H2. The molecule has 0 fully saturated rings. The summed E-state index contributed by atoms with van der Waals surface area (Å²) < 4.78 is 6.61. The summed E-state index contributed by atoms with van der Waals surface area (Å²) in [7, 11) is 0. The van der Waals surface area contributed by atoms with Crippen molar-refractivity contribution in [3.05, 3.63) is 75.8 Å². The van der Waals surface area contributed by atoms with Gasteiger partial charge in [-0.2, -0.15) is 0 Å². The monoisotopic (exact) mass is 342 g/mol. The van der Waals surface area contributed by atoms with Crippen LogP contribution in [0.4, 0.5) is 0 Å². The number of aryl methyl sites for hydroxylation is 1. The van der Waals surface area contributed by atoms with Crippen molar-refractivity contribution in [3.63, 3.8) is 0 Å². The van der Waals surface area contributed by atoms with Gasteiger partial charge in [-0.15, -0.1) is 0 Å². The van der Waals surface area contributed by atoms with Crippen molar-refractivity contribution in [3.8, 4) is 0 Å². The van der Waals surface area contributed by atoms with E-state index in [4.69, 9.17) is 16.3 Å².